The zero-order chi connectivity index (χ0) is 16.4. The summed E-state index contributed by atoms with van der Waals surface area (Å²) in [5, 5.41) is 9.80. The first-order chi connectivity index (χ1) is 11.1. The van der Waals surface area contributed by atoms with Gasteiger partial charge in [0.2, 0.25) is 0 Å². The van der Waals surface area contributed by atoms with E-state index in [4.69, 9.17) is 5.11 Å². The van der Waals surface area contributed by atoms with Gasteiger partial charge in [0.15, 0.2) is 5.43 Å². The Morgan fingerprint density at radius 3 is 2.48 bits per heavy atom. The summed E-state index contributed by atoms with van der Waals surface area (Å²) < 4.78 is 15.2. The van der Waals surface area contributed by atoms with E-state index in [0.29, 0.717) is 29.4 Å². The summed E-state index contributed by atoms with van der Waals surface area (Å²) >= 11 is 0. The minimum atomic E-state index is -0.330. The van der Waals surface area contributed by atoms with Crippen molar-refractivity contribution in [2.24, 2.45) is 7.05 Å². The van der Waals surface area contributed by atoms with Crippen molar-refractivity contribution < 1.29 is 9.50 Å². The lowest BCUT2D eigenvalue weighted by molar-refractivity contribution is 0.287. The molecule has 3 nitrogen and oxygen atoms in total. The average Bonchev–Trinajstić information content (AvgIpc) is 2.58. The van der Waals surface area contributed by atoms with Gasteiger partial charge in [0.1, 0.15) is 5.82 Å². The molecule has 0 unspecified atom stereocenters. The highest BCUT2D eigenvalue weighted by molar-refractivity contribution is 5.85. The Morgan fingerprint density at radius 2 is 1.78 bits per heavy atom. The Morgan fingerprint density at radius 1 is 1.09 bits per heavy atom. The van der Waals surface area contributed by atoms with Gasteiger partial charge in [0.05, 0.1) is 5.52 Å². The molecule has 0 aliphatic heterocycles. The third-order valence-corrected chi connectivity index (χ3v) is 4.14. The van der Waals surface area contributed by atoms with E-state index in [0.717, 1.165) is 11.2 Å². The minimum absolute atomic E-state index is 0.0572. The van der Waals surface area contributed by atoms with Crippen LogP contribution >= 0.6 is 0 Å². The highest BCUT2D eigenvalue weighted by Gasteiger charge is 2.16. The number of nitrogens with zero attached hydrogens (tertiary/aromatic N) is 1. The number of aromatic nitrogens is 1. The van der Waals surface area contributed by atoms with Gasteiger partial charge in [-0.15, -0.1) is 0 Å². The van der Waals surface area contributed by atoms with Crippen molar-refractivity contribution in [3.05, 3.63) is 70.3 Å². The fourth-order valence-corrected chi connectivity index (χ4v) is 2.99. The highest BCUT2D eigenvalue weighted by Crippen LogP contribution is 2.25. The molecule has 118 valence electrons. The number of hydrogen-bond donors (Lipinski definition) is 1. The molecule has 0 saturated heterocycles. The molecule has 0 aliphatic carbocycles. The van der Waals surface area contributed by atoms with Crippen LogP contribution < -0.4 is 5.43 Å². The van der Waals surface area contributed by atoms with Crippen LogP contribution in [0.2, 0.25) is 0 Å². The van der Waals surface area contributed by atoms with Gasteiger partial charge in [-0.3, -0.25) is 4.79 Å². The van der Waals surface area contributed by atoms with Crippen LogP contribution in [0.1, 0.15) is 12.1 Å². The molecular formula is C19H18FNO2. The molecule has 1 N–H and O–H groups in total. The van der Waals surface area contributed by atoms with E-state index in [1.165, 1.54) is 12.1 Å². The number of rotatable bonds is 4. The monoisotopic (exact) mass is 311 g/mol. The standard InChI is InChI=1S/C19H18FNO2/c1-21-16-6-3-2-5-15(16)19(23)18(17(21)7-4-12-22)13-8-10-14(20)11-9-13/h2-3,5-6,8-11,22H,4,7,12H2,1H3. The lowest BCUT2D eigenvalue weighted by atomic mass is 9.98. The quantitative estimate of drug-likeness (QED) is 0.803. The van der Waals surface area contributed by atoms with Gasteiger partial charge >= 0.3 is 0 Å². The summed E-state index contributed by atoms with van der Waals surface area (Å²) in [5.41, 5.74) is 2.94. The van der Waals surface area contributed by atoms with E-state index in [9.17, 15) is 9.18 Å². The van der Waals surface area contributed by atoms with Crippen LogP contribution in [0.5, 0.6) is 0 Å². The predicted molar refractivity (Wildman–Crippen MR) is 90.0 cm³/mol. The maximum atomic E-state index is 13.2. The minimum Gasteiger partial charge on any atom is -0.396 e. The van der Waals surface area contributed by atoms with E-state index in [2.05, 4.69) is 0 Å². The van der Waals surface area contributed by atoms with Crippen LogP contribution in [0, 0.1) is 5.82 Å². The molecule has 1 heterocycles. The Kier molecular flexibility index (Phi) is 4.26. The first-order valence-electron chi connectivity index (χ1n) is 7.61. The third-order valence-electron chi connectivity index (χ3n) is 4.14. The first kappa shape index (κ1) is 15.4. The van der Waals surface area contributed by atoms with Gasteiger partial charge in [-0.2, -0.15) is 0 Å². The highest BCUT2D eigenvalue weighted by atomic mass is 19.1. The summed E-state index contributed by atoms with van der Waals surface area (Å²) in [7, 11) is 1.92. The van der Waals surface area contributed by atoms with Crippen molar-refractivity contribution in [1.82, 2.24) is 4.57 Å². The summed E-state index contributed by atoms with van der Waals surface area (Å²) in [4.78, 5) is 13.0. The summed E-state index contributed by atoms with van der Waals surface area (Å²) in [6, 6.07) is 13.4. The van der Waals surface area contributed by atoms with Gasteiger partial charge < -0.3 is 9.67 Å². The van der Waals surface area contributed by atoms with Crippen molar-refractivity contribution in [3.63, 3.8) is 0 Å². The maximum Gasteiger partial charge on any atom is 0.197 e. The van der Waals surface area contributed by atoms with Gasteiger partial charge in [0, 0.05) is 30.3 Å². The van der Waals surface area contributed by atoms with Crippen molar-refractivity contribution in [1.29, 1.82) is 0 Å². The molecule has 0 saturated carbocycles. The fraction of sp³-hybridized carbons (Fsp3) is 0.211. The first-order valence-corrected chi connectivity index (χ1v) is 7.61. The van der Waals surface area contributed by atoms with Crippen molar-refractivity contribution in [2.75, 3.05) is 6.61 Å². The molecule has 0 spiro atoms. The van der Waals surface area contributed by atoms with E-state index >= 15 is 0 Å². The zero-order valence-electron chi connectivity index (χ0n) is 12.9. The van der Waals surface area contributed by atoms with Crippen molar-refractivity contribution in [3.8, 4) is 11.1 Å². The largest absolute Gasteiger partial charge is 0.396 e. The van der Waals surface area contributed by atoms with Gasteiger partial charge in [0.25, 0.3) is 0 Å². The molecule has 0 atom stereocenters. The lowest BCUT2D eigenvalue weighted by Crippen LogP contribution is -2.17. The van der Waals surface area contributed by atoms with Gasteiger partial charge in [-0.1, -0.05) is 24.3 Å². The normalized spacial score (nSPS) is 11.1. The molecule has 0 fully saturated rings. The lowest BCUT2D eigenvalue weighted by Gasteiger charge is -2.17. The summed E-state index contributed by atoms with van der Waals surface area (Å²) in [6.45, 7) is 0.0594. The molecule has 0 bridgehead atoms. The second kappa shape index (κ2) is 6.34. The molecule has 0 aliphatic rings. The van der Waals surface area contributed by atoms with Gasteiger partial charge in [-0.25, -0.2) is 4.39 Å². The van der Waals surface area contributed by atoms with E-state index < -0.39 is 0 Å². The second-order valence-corrected chi connectivity index (χ2v) is 5.56. The zero-order valence-corrected chi connectivity index (χ0v) is 12.9. The molecular weight excluding hydrogens is 293 g/mol. The molecule has 4 heteroatoms. The topological polar surface area (TPSA) is 42.2 Å². The van der Waals surface area contributed by atoms with Crippen molar-refractivity contribution >= 4 is 10.9 Å². The molecule has 3 rings (SSSR count). The Bertz CT molecular complexity index is 898. The number of aliphatic hydroxyl groups excluding tert-OH is 1. The molecule has 2 aromatic carbocycles. The van der Waals surface area contributed by atoms with Crippen molar-refractivity contribution in [2.45, 2.75) is 12.8 Å². The van der Waals surface area contributed by atoms with E-state index in [1.807, 2.05) is 29.8 Å². The SMILES string of the molecule is Cn1c(CCCO)c(-c2ccc(F)cc2)c(=O)c2ccccc21. The van der Waals surface area contributed by atoms with Crippen LogP contribution in [-0.2, 0) is 13.5 Å². The van der Waals surface area contributed by atoms with Crippen LogP contribution in [0.4, 0.5) is 4.39 Å². The maximum absolute atomic E-state index is 13.2. The molecule has 0 radical (unpaired) electrons. The average molecular weight is 311 g/mol. The number of hydrogen-bond acceptors (Lipinski definition) is 2. The fourth-order valence-electron chi connectivity index (χ4n) is 2.99. The molecule has 3 aromatic rings. The molecule has 0 amide bonds. The number of para-hydroxylation sites is 1. The Balaban J connectivity index is 2.35. The van der Waals surface area contributed by atoms with Crippen LogP contribution in [0.15, 0.2) is 53.3 Å². The number of aryl methyl sites for hydroxylation is 1. The number of aliphatic hydroxyl groups is 1. The Hall–Kier alpha value is -2.46. The van der Waals surface area contributed by atoms with Crippen LogP contribution in [0.25, 0.3) is 22.0 Å². The summed E-state index contributed by atoms with van der Waals surface area (Å²) in [6.07, 6.45) is 1.15. The number of halogens is 1. The van der Waals surface area contributed by atoms with E-state index in [1.54, 1.807) is 18.2 Å². The molecule has 1 aromatic heterocycles. The second-order valence-electron chi connectivity index (χ2n) is 5.56. The third kappa shape index (κ3) is 2.78. The number of pyridine rings is 1. The van der Waals surface area contributed by atoms with Crippen LogP contribution in [-0.4, -0.2) is 16.3 Å². The Labute approximate surface area is 133 Å². The molecule has 23 heavy (non-hydrogen) atoms. The number of fused-ring (bicyclic) bond motifs is 1. The summed E-state index contributed by atoms with van der Waals surface area (Å²) in [5.74, 6) is -0.330. The number of benzene rings is 2. The van der Waals surface area contributed by atoms with Crippen LogP contribution in [0.3, 0.4) is 0 Å². The van der Waals surface area contributed by atoms with E-state index in [-0.39, 0.29) is 17.9 Å². The smallest absolute Gasteiger partial charge is 0.197 e. The predicted octanol–water partition coefficient (Wildman–Crippen LogP) is 3.27. The van der Waals surface area contributed by atoms with Gasteiger partial charge in [-0.05, 0) is 42.7 Å².